The van der Waals surface area contributed by atoms with Crippen LogP contribution in [0.3, 0.4) is 0 Å². The zero-order valence-corrected chi connectivity index (χ0v) is 15.5. The number of nitriles is 1. The Morgan fingerprint density at radius 2 is 1.71 bits per heavy atom. The van der Waals surface area contributed by atoms with Crippen LogP contribution in [0.1, 0.15) is 25.6 Å². The Bertz CT molecular complexity index is 957. The van der Waals surface area contributed by atoms with Gasteiger partial charge < -0.3 is 9.84 Å². The zero-order chi connectivity index (χ0) is 16.4. The Morgan fingerprint density at radius 3 is 2.33 bits per heavy atom. The molecule has 7 heteroatoms. The van der Waals surface area contributed by atoms with E-state index in [9.17, 15) is 14.7 Å². The van der Waals surface area contributed by atoms with Gasteiger partial charge in [0.05, 0.1) is 17.2 Å². The summed E-state index contributed by atoms with van der Waals surface area (Å²) in [7, 11) is 0. The molecule has 0 saturated heterocycles. The van der Waals surface area contributed by atoms with Crippen LogP contribution in [-0.2, 0) is 4.74 Å². The fourth-order valence-corrected chi connectivity index (χ4v) is 3.01. The van der Waals surface area contributed by atoms with Gasteiger partial charge in [-0.15, -0.1) is 11.3 Å². The fraction of sp³-hybridized carbons (Fsp3) is 0. The van der Waals surface area contributed by atoms with E-state index in [0.29, 0.717) is 10.9 Å². The van der Waals surface area contributed by atoms with E-state index in [1.165, 1.54) is 24.3 Å². The third kappa shape index (κ3) is 3.50. The van der Waals surface area contributed by atoms with Crippen molar-refractivity contribution in [1.29, 1.82) is 5.26 Å². The standard InChI is InChI=1S/C17H9NO4S.Na/c18-9-10-5-7-11(8-6-10)16(20)22-17(21)15-14(19)12-3-1-2-4-13(12)23-15;/h1-8,19H;. The summed E-state index contributed by atoms with van der Waals surface area (Å²) in [6, 6.07) is 14.6. The molecule has 113 valence electrons. The first-order chi connectivity index (χ1) is 11.1. The molecule has 5 nitrogen and oxygen atoms in total. The molecule has 0 bridgehead atoms. The van der Waals surface area contributed by atoms with Crippen LogP contribution in [0.2, 0.25) is 0 Å². The van der Waals surface area contributed by atoms with Crippen molar-refractivity contribution in [3.05, 3.63) is 64.5 Å². The summed E-state index contributed by atoms with van der Waals surface area (Å²) in [6.07, 6.45) is 0. The molecule has 0 fully saturated rings. The van der Waals surface area contributed by atoms with E-state index in [1.807, 2.05) is 6.07 Å². The Morgan fingerprint density at radius 1 is 1.04 bits per heavy atom. The van der Waals surface area contributed by atoms with Crippen LogP contribution in [-0.4, -0.2) is 46.6 Å². The van der Waals surface area contributed by atoms with E-state index in [2.05, 4.69) is 0 Å². The van der Waals surface area contributed by atoms with Gasteiger partial charge in [-0.05, 0) is 36.4 Å². The fourth-order valence-electron chi connectivity index (χ4n) is 2.04. The maximum atomic E-state index is 12.1. The van der Waals surface area contributed by atoms with Gasteiger partial charge in [-0.1, -0.05) is 12.1 Å². The van der Waals surface area contributed by atoms with Crippen LogP contribution in [0, 0.1) is 11.3 Å². The van der Waals surface area contributed by atoms with Gasteiger partial charge in [0.15, 0.2) is 4.88 Å². The van der Waals surface area contributed by atoms with E-state index < -0.39 is 11.9 Å². The number of ether oxygens (including phenoxy) is 1. The van der Waals surface area contributed by atoms with Crippen molar-refractivity contribution >= 4 is 62.9 Å². The molecular weight excluding hydrogens is 337 g/mol. The summed E-state index contributed by atoms with van der Waals surface area (Å²) in [6.45, 7) is 0. The number of hydrogen-bond acceptors (Lipinski definition) is 6. The van der Waals surface area contributed by atoms with Crippen LogP contribution >= 0.6 is 11.3 Å². The molecule has 3 aromatic rings. The Kier molecular flexibility index (Phi) is 5.75. The third-order valence-corrected chi connectivity index (χ3v) is 4.33. The topological polar surface area (TPSA) is 87.4 Å². The molecule has 0 spiro atoms. The third-order valence-electron chi connectivity index (χ3n) is 3.19. The maximum absolute atomic E-state index is 12.1. The van der Waals surface area contributed by atoms with E-state index in [1.54, 1.807) is 24.3 Å². The molecule has 0 unspecified atom stereocenters. The van der Waals surface area contributed by atoms with Gasteiger partial charge in [-0.25, -0.2) is 9.59 Å². The number of nitrogens with zero attached hydrogens (tertiary/aromatic N) is 1. The van der Waals surface area contributed by atoms with Crippen molar-refractivity contribution in [2.75, 3.05) is 0 Å². The van der Waals surface area contributed by atoms with Crippen molar-refractivity contribution in [3.63, 3.8) is 0 Å². The summed E-state index contributed by atoms with van der Waals surface area (Å²) in [5.41, 5.74) is 0.549. The minimum atomic E-state index is -0.905. The van der Waals surface area contributed by atoms with Crippen LogP contribution in [0.4, 0.5) is 0 Å². The molecule has 0 atom stereocenters. The SMILES string of the molecule is N#Cc1ccc(C(=O)OC(=O)c2sc3ccccc3c2O)cc1.[Na]. The number of thiophene rings is 1. The van der Waals surface area contributed by atoms with Gasteiger partial charge in [0.1, 0.15) is 5.75 Å². The number of aromatic hydroxyl groups is 1. The number of fused-ring (bicyclic) bond motifs is 1. The number of hydrogen-bond donors (Lipinski definition) is 1. The Balaban J connectivity index is 0.00000208. The van der Waals surface area contributed by atoms with Crippen molar-refractivity contribution in [1.82, 2.24) is 0 Å². The number of carbonyl (C=O) groups is 2. The van der Waals surface area contributed by atoms with Gasteiger partial charge in [0.2, 0.25) is 0 Å². The summed E-state index contributed by atoms with van der Waals surface area (Å²) < 4.78 is 5.52. The van der Waals surface area contributed by atoms with Crippen LogP contribution in [0.5, 0.6) is 5.75 Å². The van der Waals surface area contributed by atoms with E-state index in [4.69, 9.17) is 10.00 Å². The average molecular weight is 346 g/mol. The van der Waals surface area contributed by atoms with Crippen LogP contribution in [0.15, 0.2) is 48.5 Å². The monoisotopic (exact) mass is 346 g/mol. The molecule has 0 aliphatic carbocycles. The predicted molar refractivity (Wildman–Crippen MR) is 90.1 cm³/mol. The molecule has 1 N–H and O–H groups in total. The molecule has 0 aliphatic rings. The van der Waals surface area contributed by atoms with Crippen molar-refractivity contribution in [2.24, 2.45) is 0 Å². The number of benzene rings is 2. The number of esters is 2. The smallest absolute Gasteiger partial charge is 0.360 e. The summed E-state index contributed by atoms with van der Waals surface area (Å²) in [4.78, 5) is 24.0. The molecule has 3 rings (SSSR count). The number of carbonyl (C=O) groups excluding carboxylic acids is 2. The second-order valence-electron chi connectivity index (χ2n) is 4.64. The Labute approximate surface area is 163 Å². The molecule has 1 heterocycles. The molecule has 0 saturated carbocycles. The summed E-state index contributed by atoms with van der Waals surface area (Å²) in [5.74, 6) is -1.93. The summed E-state index contributed by atoms with van der Waals surface area (Å²) >= 11 is 1.06. The molecule has 24 heavy (non-hydrogen) atoms. The van der Waals surface area contributed by atoms with Gasteiger partial charge >= 0.3 is 11.9 Å². The van der Waals surface area contributed by atoms with Crippen molar-refractivity contribution in [2.45, 2.75) is 0 Å². The van der Waals surface area contributed by atoms with Crippen molar-refractivity contribution in [3.8, 4) is 11.8 Å². The molecule has 2 aromatic carbocycles. The quantitative estimate of drug-likeness (QED) is 0.438. The van der Waals surface area contributed by atoms with E-state index >= 15 is 0 Å². The average Bonchev–Trinajstić information content (AvgIpc) is 2.92. The second-order valence-corrected chi connectivity index (χ2v) is 5.69. The maximum Gasteiger partial charge on any atom is 0.360 e. The first-order valence-corrected chi connectivity index (χ1v) is 7.39. The van der Waals surface area contributed by atoms with Gasteiger partial charge in [0, 0.05) is 39.6 Å². The largest absolute Gasteiger partial charge is 0.505 e. The molecule has 1 radical (unpaired) electrons. The van der Waals surface area contributed by atoms with Gasteiger partial charge in [-0.3, -0.25) is 0 Å². The normalized spacial score (nSPS) is 9.79. The van der Waals surface area contributed by atoms with Crippen LogP contribution in [0.25, 0.3) is 10.1 Å². The first kappa shape index (κ1) is 18.2. The van der Waals surface area contributed by atoms with Crippen molar-refractivity contribution < 1.29 is 19.4 Å². The zero-order valence-electron chi connectivity index (χ0n) is 12.6. The number of rotatable bonds is 2. The predicted octanol–water partition coefficient (Wildman–Crippen LogP) is 3.09. The first-order valence-electron chi connectivity index (χ1n) is 6.57. The summed E-state index contributed by atoms with van der Waals surface area (Å²) in [5, 5.41) is 19.3. The molecule has 0 aliphatic heterocycles. The van der Waals surface area contributed by atoms with Gasteiger partial charge in [0.25, 0.3) is 0 Å². The van der Waals surface area contributed by atoms with Crippen LogP contribution < -0.4 is 0 Å². The van der Waals surface area contributed by atoms with Gasteiger partial charge in [-0.2, -0.15) is 5.26 Å². The molecular formula is C17H9NNaO4S. The molecule has 1 aromatic heterocycles. The Hall–Kier alpha value is -2.17. The minimum absolute atomic E-state index is 0. The van der Waals surface area contributed by atoms with E-state index in [-0.39, 0.29) is 45.7 Å². The van der Waals surface area contributed by atoms with E-state index in [0.717, 1.165) is 16.0 Å². The minimum Gasteiger partial charge on any atom is -0.505 e. The molecule has 0 amide bonds. The second kappa shape index (κ2) is 7.60.